The number of unbranched alkanes of at least 4 members (excludes halogenated alkanes) is 1. The molecule has 1 aromatic heterocycles. The number of aryl methyl sites for hydroxylation is 1. The maximum atomic E-state index is 10.5. The molecule has 1 heterocycles. The molecule has 0 saturated carbocycles. The standard InChI is InChI=1S/C19H33N3O9/c23-18(24)3-1-2-5-22-15-17(20-21-22)16-31-14-13-30-12-11-29-10-9-28-8-7-27-6-4-19(25)26/h15H,1-14,16H2,(H,23,24)(H,25,26). The van der Waals surface area contributed by atoms with Crippen molar-refractivity contribution in [1.82, 2.24) is 15.0 Å². The van der Waals surface area contributed by atoms with Crippen LogP contribution in [0.2, 0.25) is 0 Å². The number of carbonyl (C=O) groups is 2. The van der Waals surface area contributed by atoms with Gasteiger partial charge in [0.2, 0.25) is 0 Å². The van der Waals surface area contributed by atoms with E-state index in [2.05, 4.69) is 10.3 Å². The fraction of sp³-hybridized carbons (Fsp3) is 0.789. The minimum atomic E-state index is -0.879. The fourth-order valence-electron chi connectivity index (χ4n) is 2.28. The van der Waals surface area contributed by atoms with E-state index in [0.29, 0.717) is 78.1 Å². The quantitative estimate of drug-likeness (QED) is 0.240. The Hall–Kier alpha value is -2.12. The molecule has 0 amide bonds. The number of carboxylic acids is 2. The molecule has 178 valence electrons. The molecule has 0 atom stereocenters. The molecule has 0 aliphatic carbocycles. The highest BCUT2D eigenvalue weighted by atomic mass is 16.6. The minimum Gasteiger partial charge on any atom is -0.481 e. The SMILES string of the molecule is O=C(O)CCCCn1cc(COCCOCCOCCOCCOCCC(=O)O)nn1. The third-order valence-electron chi connectivity index (χ3n) is 3.81. The summed E-state index contributed by atoms with van der Waals surface area (Å²) in [7, 11) is 0. The Labute approximate surface area is 181 Å². The molecule has 0 spiro atoms. The Morgan fingerprint density at radius 2 is 1.26 bits per heavy atom. The summed E-state index contributed by atoms with van der Waals surface area (Å²) in [6.45, 7) is 4.57. The molecule has 0 bridgehead atoms. The molecule has 2 N–H and O–H groups in total. The van der Waals surface area contributed by atoms with Gasteiger partial charge in [0.05, 0.1) is 78.7 Å². The number of rotatable bonds is 22. The molecule has 0 aliphatic rings. The van der Waals surface area contributed by atoms with Crippen LogP contribution in [0.5, 0.6) is 0 Å². The summed E-state index contributed by atoms with van der Waals surface area (Å²) < 4.78 is 28.3. The van der Waals surface area contributed by atoms with Gasteiger partial charge in [-0.25, -0.2) is 0 Å². The second-order valence-electron chi connectivity index (χ2n) is 6.47. The molecule has 12 heteroatoms. The van der Waals surface area contributed by atoms with Crippen LogP contribution in [-0.4, -0.2) is 96.6 Å². The first-order valence-electron chi connectivity index (χ1n) is 10.3. The molecule has 0 fully saturated rings. The first-order chi connectivity index (χ1) is 15.1. The average molecular weight is 447 g/mol. The molecule has 1 rings (SSSR count). The number of hydrogen-bond acceptors (Lipinski definition) is 9. The predicted molar refractivity (Wildman–Crippen MR) is 107 cm³/mol. The molecule has 31 heavy (non-hydrogen) atoms. The zero-order chi connectivity index (χ0) is 22.6. The van der Waals surface area contributed by atoms with Crippen LogP contribution in [0, 0.1) is 0 Å². The number of aliphatic carboxylic acids is 2. The van der Waals surface area contributed by atoms with Crippen molar-refractivity contribution in [3.8, 4) is 0 Å². The largest absolute Gasteiger partial charge is 0.481 e. The van der Waals surface area contributed by atoms with Gasteiger partial charge in [-0.05, 0) is 12.8 Å². The summed E-state index contributed by atoms with van der Waals surface area (Å²) in [4.78, 5) is 20.7. The lowest BCUT2D eigenvalue weighted by molar-refractivity contribution is -0.138. The zero-order valence-corrected chi connectivity index (χ0v) is 17.8. The van der Waals surface area contributed by atoms with E-state index in [1.54, 1.807) is 10.9 Å². The van der Waals surface area contributed by atoms with Gasteiger partial charge in [-0.15, -0.1) is 5.10 Å². The molecule has 0 aromatic carbocycles. The van der Waals surface area contributed by atoms with Crippen molar-refractivity contribution in [3.05, 3.63) is 11.9 Å². The van der Waals surface area contributed by atoms with E-state index in [4.69, 9.17) is 33.9 Å². The van der Waals surface area contributed by atoms with E-state index in [1.807, 2.05) is 0 Å². The van der Waals surface area contributed by atoms with Crippen LogP contribution < -0.4 is 0 Å². The van der Waals surface area contributed by atoms with E-state index in [1.165, 1.54) is 0 Å². The Bertz CT molecular complexity index is 598. The van der Waals surface area contributed by atoms with Crippen LogP contribution in [0.15, 0.2) is 6.20 Å². The van der Waals surface area contributed by atoms with E-state index < -0.39 is 11.9 Å². The molecule has 1 aromatic rings. The van der Waals surface area contributed by atoms with Crippen molar-refractivity contribution in [2.75, 3.05) is 59.5 Å². The highest BCUT2D eigenvalue weighted by Gasteiger charge is 2.02. The van der Waals surface area contributed by atoms with Crippen LogP contribution in [0.4, 0.5) is 0 Å². The first-order valence-corrected chi connectivity index (χ1v) is 10.3. The van der Waals surface area contributed by atoms with Gasteiger partial charge in [0, 0.05) is 13.0 Å². The van der Waals surface area contributed by atoms with E-state index in [9.17, 15) is 9.59 Å². The maximum absolute atomic E-state index is 10.5. The van der Waals surface area contributed by atoms with Crippen LogP contribution >= 0.6 is 0 Å². The number of nitrogens with zero attached hydrogens (tertiary/aromatic N) is 3. The fourth-order valence-corrected chi connectivity index (χ4v) is 2.28. The summed E-state index contributed by atoms with van der Waals surface area (Å²) in [5.41, 5.74) is 0.717. The highest BCUT2D eigenvalue weighted by Crippen LogP contribution is 2.01. The van der Waals surface area contributed by atoms with Crippen LogP contribution in [0.1, 0.15) is 31.4 Å². The maximum Gasteiger partial charge on any atom is 0.305 e. The van der Waals surface area contributed by atoms with Crippen molar-refractivity contribution in [1.29, 1.82) is 0 Å². The van der Waals surface area contributed by atoms with Gasteiger partial charge in [0.15, 0.2) is 0 Å². The highest BCUT2D eigenvalue weighted by molar-refractivity contribution is 5.66. The Morgan fingerprint density at radius 3 is 1.81 bits per heavy atom. The minimum absolute atomic E-state index is 0.00660. The summed E-state index contributed by atoms with van der Waals surface area (Å²) in [6, 6.07) is 0. The van der Waals surface area contributed by atoms with Gasteiger partial charge in [-0.3, -0.25) is 14.3 Å². The van der Waals surface area contributed by atoms with Gasteiger partial charge >= 0.3 is 11.9 Å². The Balaban J connectivity index is 1.82. The van der Waals surface area contributed by atoms with Gasteiger partial charge in [0.1, 0.15) is 5.69 Å². The van der Waals surface area contributed by atoms with Crippen LogP contribution in [-0.2, 0) is 46.4 Å². The predicted octanol–water partition coefficient (Wildman–Crippen LogP) is 0.591. The summed E-state index contributed by atoms with van der Waals surface area (Å²) in [5, 5.41) is 25.0. The summed E-state index contributed by atoms with van der Waals surface area (Å²) in [6.07, 6.45) is 3.30. The van der Waals surface area contributed by atoms with Crippen molar-refractivity contribution in [3.63, 3.8) is 0 Å². The number of aromatic nitrogens is 3. The molecule has 12 nitrogen and oxygen atoms in total. The number of hydrogen-bond donors (Lipinski definition) is 2. The smallest absolute Gasteiger partial charge is 0.305 e. The lowest BCUT2D eigenvalue weighted by Gasteiger charge is -2.07. The topological polar surface area (TPSA) is 151 Å². The number of ether oxygens (including phenoxy) is 5. The van der Waals surface area contributed by atoms with Gasteiger partial charge in [-0.1, -0.05) is 5.21 Å². The second-order valence-corrected chi connectivity index (χ2v) is 6.47. The van der Waals surface area contributed by atoms with Crippen molar-refractivity contribution in [2.24, 2.45) is 0 Å². The van der Waals surface area contributed by atoms with Gasteiger partial charge in [-0.2, -0.15) is 0 Å². The van der Waals surface area contributed by atoms with E-state index in [0.717, 1.165) is 6.42 Å². The normalized spacial score (nSPS) is 11.1. The first kappa shape index (κ1) is 26.9. The summed E-state index contributed by atoms with van der Waals surface area (Å²) >= 11 is 0. The number of carboxylic acid groups (broad SMARTS) is 2. The van der Waals surface area contributed by atoms with Gasteiger partial charge < -0.3 is 33.9 Å². The third kappa shape index (κ3) is 17.3. The molecule has 0 aliphatic heterocycles. The molecular weight excluding hydrogens is 414 g/mol. The van der Waals surface area contributed by atoms with Crippen molar-refractivity contribution >= 4 is 11.9 Å². The third-order valence-corrected chi connectivity index (χ3v) is 3.81. The lowest BCUT2D eigenvalue weighted by Crippen LogP contribution is -2.13. The second kappa shape index (κ2) is 18.6. The molecule has 0 radical (unpaired) electrons. The summed E-state index contributed by atoms with van der Waals surface area (Å²) in [5.74, 6) is -1.67. The lowest BCUT2D eigenvalue weighted by atomic mass is 10.2. The van der Waals surface area contributed by atoms with Crippen molar-refractivity contribution < 1.29 is 43.5 Å². The Kier molecular flexibility index (Phi) is 16.2. The molecule has 0 saturated heterocycles. The van der Waals surface area contributed by atoms with Gasteiger partial charge in [0.25, 0.3) is 0 Å². The Morgan fingerprint density at radius 1 is 0.742 bits per heavy atom. The average Bonchev–Trinajstić information content (AvgIpc) is 3.18. The van der Waals surface area contributed by atoms with Crippen LogP contribution in [0.25, 0.3) is 0 Å². The zero-order valence-electron chi connectivity index (χ0n) is 17.8. The molecular formula is C19H33N3O9. The van der Waals surface area contributed by atoms with E-state index >= 15 is 0 Å². The van der Waals surface area contributed by atoms with E-state index in [-0.39, 0.29) is 19.4 Å². The van der Waals surface area contributed by atoms with Crippen LogP contribution in [0.3, 0.4) is 0 Å². The molecule has 0 unspecified atom stereocenters. The van der Waals surface area contributed by atoms with Crippen molar-refractivity contribution in [2.45, 2.75) is 38.8 Å². The monoisotopic (exact) mass is 447 g/mol.